The lowest BCUT2D eigenvalue weighted by molar-refractivity contribution is 0.155. The van der Waals surface area contributed by atoms with E-state index in [-0.39, 0.29) is 0 Å². The molecule has 0 amide bonds. The molecule has 0 heterocycles. The van der Waals surface area contributed by atoms with Crippen LogP contribution in [-0.2, 0) is 17.7 Å². The first-order valence-corrected chi connectivity index (χ1v) is 13.8. The highest BCUT2D eigenvalue weighted by Crippen LogP contribution is 2.12. The van der Waals surface area contributed by atoms with Gasteiger partial charge in [0.15, 0.2) is 0 Å². The summed E-state index contributed by atoms with van der Waals surface area (Å²) in [6, 6.07) is 0. The Labute approximate surface area is 153 Å². The van der Waals surface area contributed by atoms with Crippen molar-refractivity contribution in [1.29, 1.82) is 0 Å². The fourth-order valence-electron chi connectivity index (χ4n) is 1.97. The Morgan fingerprint density at radius 2 is 1.13 bits per heavy atom. The summed E-state index contributed by atoms with van der Waals surface area (Å²) in [6.45, 7) is 10.4. The van der Waals surface area contributed by atoms with E-state index in [9.17, 15) is 0 Å². The van der Waals surface area contributed by atoms with Gasteiger partial charge in [0, 0.05) is 38.2 Å². The van der Waals surface area contributed by atoms with Crippen molar-refractivity contribution in [3.63, 3.8) is 0 Å². The number of hydrogen-bond acceptors (Lipinski definition) is 4. The van der Waals surface area contributed by atoms with Gasteiger partial charge in [0.25, 0.3) is 0 Å². The third-order valence-corrected chi connectivity index (χ3v) is 8.26. The van der Waals surface area contributed by atoms with Crippen LogP contribution in [0.3, 0.4) is 0 Å². The molecule has 0 N–H and O–H groups in total. The van der Waals surface area contributed by atoms with Gasteiger partial charge in [0.1, 0.15) is 0 Å². The van der Waals surface area contributed by atoms with Crippen LogP contribution in [-0.4, -0.2) is 55.3 Å². The van der Waals surface area contributed by atoms with E-state index in [4.69, 9.17) is 40.9 Å². The van der Waals surface area contributed by atoms with Crippen LogP contribution in [0.5, 0.6) is 0 Å². The van der Waals surface area contributed by atoms with Gasteiger partial charge in [-0.3, -0.25) is 0 Å². The Hall–Kier alpha value is 0.334. The van der Waals surface area contributed by atoms with Crippen molar-refractivity contribution in [3.8, 4) is 0 Å². The minimum atomic E-state index is -2.27. The molecule has 136 valence electrons. The molecule has 2 unspecified atom stereocenters. The molecule has 0 rings (SSSR count). The van der Waals surface area contributed by atoms with E-state index >= 15 is 0 Å². The maximum absolute atomic E-state index is 5.95. The van der Waals surface area contributed by atoms with Crippen molar-refractivity contribution in [2.45, 2.75) is 33.4 Å². The molecular weight excluding hydrogens is 371 g/mol. The van der Waals surface area contributed by atoms with Crippen LogP contribution in [0.2, 0.25) is 13.1 Å². The fraction of sp³-hybridized carbons (Fsp3) is 0.733. The lowest BCUT2D eigenvalue weighted by Crippen LogP contribution is -2.39. The zero-order chi connectivity index (χ0) is 17.6. The number of hydrogen-bond donors (Lipinski definition) is 0. The average molecular weight is 401 g/mol. The molecule has 8 heteroatoms. The molecule has 0 aromatic rings. The molecular formula is C15H30Cl2O4Si2. The van der Waals surface area contributed by atoms with Crippen LogP contribution in [0.4, 0.5) is 0 Å². The summed E-state index contributed by atoms with van der Waals surface area (Å²) in [6.07, 6.45) is 4.56. The average Bonchev–Trinajstić information content (AvgIpc) is 2.51. The first kappa shape index (κ1) is 23.3. The van der Waals surface area contributed by atoms with Gasteiger partial charge in [-0.1, -0.05) is 12.2 Å². The van der Waals surface area contributed by atoms with Gasteiger partial charge in [-0.15, -0.1) is 23.2 Å². The molecule has 0 saturated heterocycles. The van der Waals surface area contributed by atoms with Crippen LogP contribution >= 0.6 is 23.2 Å². The van der Waals surface area contributed by atoms with Crippen molar-refractivity contribution in [2.24, 2.45) is 0 Å². The Morgan fingerprint density at radius 3 is 1.43 bits per heavy atom. The van der Waals surface area contributed by atoms with E-state index in [0.717, 1.165) is 6.42 Å². The van der Waals surface area contributed by atoms with Crippen molar-refractivity contribution in [1.82, 2.24) is 0 Å². The summed E-state index contributed by atoms with van der Waals surface area (Å²) in [4.78, 5) is 0. The van der Waals surface area contributed by atoms with Crippen LogP contribution in [0.15, 0.2) is 23.6 Å². The van der Waals surface area contributed by atoms with E-state index < -0.39 is 17.1 Å². The monoisotopic (exact) mass is 400 g/mol. The summed E-state index contributed by atoms with van der Waals surface area (Å²) >= 11 is 11.4. The molecule has 0 spiro atoms. The molecule has 2 atom stereocenters. The van der Waals surface area contributed by atoms with Crippen molar-refractivity contribution in [2.75, 3.05) is 38.2 Å². The first-order chi connectivity index (χ1) is 10.9. The lowest BCUT2D eigenvalue weighted by atomic mass is 10.5. The molecule has 0 aliphatic rings. The highest BCUT2D eigenvalue weighted by atomic mass is 35.5. The van der Waals surface area contributed by atoms with Gasteiger partial charge in [-0.25, -0.2) is 0 Å². The number of allylic oxidation sites excluding steroid dienone is 2. The molecule has 4 nitrogen and oxygen atoms in total. The molecule has 0 aromatic heterocycles. The van der Waals surface area contributed by atoms with Gasteiger partial charge < -0.3 is 17.7 Å². The van der Waals surface area contributed by atoms with Crippen molar-refractivity contribution >= 4 is 40.3 Å². The van der Waals surface area contributed by atoms with Crippen molar-refractivity contribution < 1.29 is 17.7 Å². The Morgan fingerprint density at radius 1 is 0.739 bits per heavy atom. The van der Waals surface area contributed by atoms with Crippen LogP contribution < -0.4 is 0 Å². The second kappa shape index (κ2) is 13.6. The van der Waals surface area contributed by atoms with Crippen LogP contribution in [0, 0.1) is 0 Å². The summed E-state index contributed by atoms with van der Waals surface area (Å²) in [5.74, 6) is 0.931. The third kappa shape index (κ3) is 11.5. The van der Waals surface area contributed by atoms with Gasteiger partial charge in [0.05, 0.1) is 0 Å². The van der Waals surface area contributed by atoms with E-state index in [1.165, 1.54) is 0 Å². The summed E-state index contributed by atoms with van der Waals surface area (Å²) in [5, 5.41) is 0. The molecule has 0 saturated carbocycles. The van der Waals surface area contributed by atoms with E-state index in [2.05, 4.69) is 0 Å². The predicted molar refractivity (Wildman–Crippen MR) is 103 cm³/mol. The van der Waals surface area contributed by atoms with E-state index in [0.29, 0.717) is 38.2 Å². The quantitative estimate of drug-likeness (QED) is 0.247. The fourth-order valence-corrected chi connectivity index (χ4v) is 6.34. The molecule has 23 heavy (non-hydrogen) atoms. The van der Waals surface area contributed by atoms with Gasteiger partial charge in [-0.2, -0.15) is 0 Å². The minimum Gasteiger partial charge on any atom is -0.392 e. The summed E-state index contributed by atoms with van der Waals surface area (Å²) in [7, 11) is -4.55. The second-order valence-corrected chi connectivity index (χ2v) is 11.6. The predicted octanol–water partition coefficient (Wildman–Crippen LogP) is 4.30. The SMILES string of the molecule is CCO[Si](C)(/C=C/CCl)OCCCO[Si](C)(/C=C/CCl)OCC. The molecule has 0 aliphatic carbocycles. The van der Waals surface area contributed by atoms with E-state index in [1.54, 1.807) is 0 Å². The highest BCUT2D eigenvalue weighted by molar-refractivity contribution is 6.71. The Balaban J connectivity index is 4.26. The molecule has 0 radical (unpaired) electrons. The number of rotatable bonds is 14. The first-order valence-electron chi connectivity index (χ1n) is 7.98. The van der Waals surface area contributed by atoms with Gasteiger partial charge in [0.2, 0.25) is 0 Å². The van der Waals surface area contributed by atoms with Gasteiger partial charge >= 0.3 is 17.1 Å². The number of halogens is 2. The normalized spacial score (nSPS) is 17.7. The second-order valence-electron chi connectivity index (χ2n) is 5.06. The molecule has 0 aromatic carbocycles. The molecule has 0 fully saturated rings. The zero-order valence-corrected chi connectivity index (χ0v) is 18.2. The number of alkyl halides is 2. The summed E-state index contributed by atoms with van der Waals surface area (Å²) < 4.78 is 23.4. The molecule has 0 aliphatic heterocycles. The maximum Gasteiger partial charge on any atom is 0.361 e. The lowest BCUT2D eigenvalue weighted by Gasteiger charge is -2.25. The molecule has 0 bridgehead atoms. The maximum atomic E-state index is 5.95. The Kier molecular flexibility index (Phi) is 13.8. The zero-order valence-electron chi connectivity index (χ0n) is 14.6. The smallest absolute Gasteiger partial charge is 0.361 e. The summed E-state index contributed by atoms with van der Waals surface area (Å²) in [5.41, 5.74) is 3.96. The van der Waals surface area contributed by atoms with Crippen LogP contribution in [0.25, 0.3) is 0 Å². The van der Waals surface area contributed by atoms with Gasteiger partial charge in [-0.05, 0) is 44.8 Å². The topological polar surface area (TPSA) is 36.9 Å². The van der Waals surface area contributed by atoms with Crippen molar-refractivity contribution in [3.05, 3.63) is 23.6 Å². The highest BCUT2D eigenvalue weighted by Gasteiger charge is 2.29. The third-order valence-electron chi connectivity index (χ3n) is 2.95. The van der Waals surface area contributed by atoms with Crippen LogP contribution in [0.1, 0.15) is 20.3 Å². The minimum absolute atomic E-state index is 0.466. The standard InChI is InChI=1S/C15H30Cl2O4Si2/c1-5-18-22(3,14-7-10-16)20-12-9-13-21-23(4,19-6-2)15-8-11-17/h7-8,14-15H,5-6,9-13H2,1-4H3/b14-7+,15-8+. The Bertz CT molecular complexity index is 326. The largest absolute Gasteiger partial charge is 0.392 e. The van der Waals surface area contributed by atoms with E-state index in [1.807, 2.05) is 50.5 Å².